The predicted molar refractivity (Wildman–Crippen MR) is 151 cm³/mol. The van der Waals surface area contributed by atoms with Crippen molar-refractivity contribution >= 4 is 17.8 Å². The van der Waals surface area contributed by atoms with E-state index in [1.54, 1.807) is 14.9 Å². The van der Waals surface area contributed by atoms with Gasteiger partial charge in [0.1, 0.15) is 12.2 Å². The van der Waals surface area contributed by atoms with Crippen LogP contribution >= 0.6 is 0 Å². The Bertz CT molecular complexity index is 1150. The molecule has 8 nitrogen and oxygen atoms in total. The van der Waals surface area contributed by atoms with Crippen LogP contribution in [0.25, 0.3) is 0 Å². The average molecular weight is 530 g/mol. The molecule has 0 radical (unpaired) electrons. The maximum absolute atomic E-state index is 13.7. The van der Waals surface area contributed by atoms with Gasteiger partial charge < -0.3 is 15.1 Å². The van der Waals surface area contributed by atoms with Gasteiger partial charge >= 0.3 is 6.03 Å². The normalized spacial score (nSPS) is 19.5. The first kappa shape index (κ1) is 28.2. The first-order chi connectivity index (χ1) is 19.0. The molecule has 0 saturated carbocycles. The molecular weight excluding hydrogens is 490 g/mol. The minimum Gasteiger partial charge on any atom is -0.337 e. The fraction of sp³-hybridized carbons (Fsp3) is 0.452. The summed E-state index contributed by atoms with van der Waals surface area (Å²) in [5.74, 6) is 2.40. The zero-order chi connectivity index (χ0) is 27.6. The number of urea groups is 1. The fourth-order valence-corrected chi connectivity index (χ4v) is 5.44. The van der Waals surface area contributed by atoms with Crippen LogP contribution in [-0.4, -0.2) is 76.0 Å². The van der Waals surface area contributed by atoms with Crippen LogP contribution in [0.3, 0.4) is 0 Å². The summed E-state index contributed by atoms with van der Waals surface area (Å²) >= 11 is 0. The average Bonchev–Trinajstić information content (AvgIpc) is 2.95. The van der Waals surface area contributed by atoms with Crippen LogP contribution in [0, 0.1) is 12.3 Å². The Morgan fingerprint density at radius 1 is 1.00 bits per heavy atom. The molecule has 2 aliphatic heterocycles. The van der Waals surface area contributed by atoms with E-state index >= 15 is 0 Å². The number of amides is 4. The lowest BCUT2D eigenvalue weighted by Crippen LogP contribution is -2.76. The van der Waals surface area contributed by atoms with Gasteiger partial charge in [-0.15, -0.1) is 6.42 Å². The van der Waals surface area contributed by atoms with Gasteiger partial charge in [0.2, 0.25) is 11.8 Å². The number of carbonyl (C=O) groups excluding carboxylic acids is 3. The van der Waals surface area contributed by atoms with Crippen molar-refractivity contribution in [3.63, 3.8) is 0 Å². The smallest absolute Gasteiger partial charge is 0.334 e. The van der Waals surface area contributed by atoms with Crippen molar-refractivity contribution in [1.29, 1.82) is 0 Å². The molecule has 0 unspecified atom stereocenters. The van der Waals surface area contributed by atoms with E-state index in [0.717, 1.165) is 37.7 Å². The van der Waals surface area contributed by atoms with E-state index in [1.165, 1.54) is 5.56 Å². The van der Waals surface area contributed by atoms with Gasteiger partial charge in [0.05, 0.1) is 19.6 Å². The van der Waals surface area contributed by atoms with Crippen LogP contribution in [0.4, 0.5) is 4.79 Å². The SMILES string of the molecule is C#CCN1CC(=O)N2[C@@H](CCCC)C(=O)N(CCCCc3ccccc3)C[C@@H]2N1C(=O)NCc1ccccc1. The molecule has 2 fully saturated rings. The number of aryl methyl sites for hydroxylation is 1. The molecule has 0 bridgehead atoms. The Hall–Kier alpha value is -3.83. The monoisotopic (exact) mass is 529 g/mol. The summed E-state index contributed by atoms with van der Waals surface area (Å²) in [6.07, 6.45) is 10.1. The van der Waals surface area contributed by atoms with Crippen molar-refractivity contribution in [3.8, 4) is 12.3 Å². The Labute approximate surface area is 231 Å². The third-order valence-electron chi connectivity index (χ3n) is 7.42. The van der Waals surface area contributed by atoms with Crippen molar-refractivity contribution in [1.82, 2.24) is 25.1 Å². The van der Waals surface area contributed by atoms with Crippen LogP contribution in [-0.2, 0) is 22.6 Å². The minimum atomic E-state index is -0.607. The molecule has 8 heteroatoms. The van der Waals surface area contributed by atoms with Crippen molar-refractivity contribution < 1.29 is 14.4 Å². The fourth-order valence-electron chi connectivity index (χ4n) is 5.44. The summed E-state index contributed by atoms with van der Waals surface area (Å²) in [5, 5.41) is 6.20. The Balaban J connectivity index is 1.52. The number of nitrogens with zero attached hydrogens (tertiary/aromatic N) is 4. The second-order valence-electron chi connectivity index (χ2n) is 10.2. The van der Waals surface area contributed by atoms with E-state index in [1.807, 2.05) is 53.4 Å². The maximum Gasteiger partial charge on any atom is 0.334 e. The van der Waals surface area contributed by atoms with Crippen LogP contribution in [0.1, 0.15) is 50.2 Å². The highest BCUT2D eigenvalue weighted by Gasteiger charge is 2.50. The first-order valence-electron chi connectivity index (χ1n) is 14.0. The van der Waals surface area contributed by atoms with Gasteiger partial charge in [-0.05, 0) is 36.8 Å². The molecule has 2 aromatic rings. The molecule has 0 aliphatic carbocycles. The molecule has 2 aromatic carbocycles. The number of rotatable bonds is 11. The highest BCUT2D eigenvalue weighted by atomic mass is 16.2. The molecule has 206 valence electrons. The first-order valence-corrected chi connectivity index (χ1v) is 14.0. The van der Waals surface area contributed by atoms with E-state index in [0.29, 0.717) is 19.5 Å². The van der Waals surface area contributed by atoms with Crippen molar-refractivity contribution in [3.05, 3.63) is 71.8 Å². The number of benzene rings is 2. The van der Waals surface area contributed by atoms with Gasteiger partial charge in [0.15, 0.2) is 0 Å². The topological polar surface area (TPSA) is 76.2 Å². The lowest BCUT2D eigenvalue weighted by molar-refractivity contribution is -0.189. The standard InChI is InChI=1S/C31H39N5O3/c1-3-5-19-27-30(38)33(21-13-12-16-25-14-8-6-9-15-25)23-28-35(27)29(37)24-34(20-4-2)36(28)31(39)32-22-26-17-10-7-11-18-26/h2,6-11,14-15,17-18,27-28H,3,5,12-13,16,19-24H2,1H3,(H,32,39)/t27-,28-/m0/s1. The van der Waals surface area contributed by atoms with E-state index in [4.69, 9.17) is 6.42 Å². The summed E-state index contributed by atoms with van der Waals surface area (Å²) in [6.45, 7) is 3.36. The van der Waals surface area contributed by atoms with Crippen LogP contribution in [0.5, 0.6) is 0 Å². The van der Waals surface area contributed by atoms with Gasteiger partial charge in [-0.2, -0.15) is 5.01 Å². The number of terminal acetylenes is 1. The zero-order valence-electron chi connectivity index (χ0n) is 22.8. The van der Waals surface area contributed by atoms with Gasteiger partial charge in [0.25, 0.3) is 0 Å². The lowest BCUT2D eigenvalue weighted by Gasteiger charge is -2.55. The molecule has 0 aromatic heterocycles. The predicted octanol–water partition coefficient (Wildman–Crippen LogP) is 3.64. The highest BCUT2D eigenvalue weighted by molar-refractivity contribution is 5.91. The van der Waals surface area contributed by atoms with Crippen molar-refractivity contribution in [2.24, 2.45) is 0 Å². The summed E-state index contributed by atoms with van der Waals surface area (Å²) in [5.41, 5.74) is 2.25. The van der Waals surface area contributed by atoms with Gasteiger partial charge in [0, 0.05) is 13.1 Å². The van der Waals surface area contributed by atoms with Crippen molar-refractivity contribution in [2.75, 3.05) is 26.2 Å². The molecule has 4 amide bonds. The van der Waals surface area contributed by atoms with E-state index < -0.39 is 12.2 Å². The third-order valence-corrected chi connectivity index (χ3v) is 7.42. The van der Waals surface area contributed by atoms with Gasteiger partial charge in [-0.3, -0.25) is 9.59 Å². The van der Waals surface area contributed by atoms with E-state index in [9.17, 15) is 14.4 Å². The van der Waals surface area contributed by atoms with E-state index in [2.05, 4.69) is 30.3 Å². The van der Waals surface area contributed by atoms with Gasteiger partial charge in [-0.1, -0.05) is 86.3 Å². The largest absolute Gasteiger partial charge is 0.337 e. The minimum absolute atomic E-state index is 0.0252. The Morgan fingerprint density at radius 2 is 1.69 bits per heavy atom. The molecule has 1 N–H and O–H groups in total. The molecule has 2 aliphatic rings. The second kappa shape index (κ2) is 13.8. The molecule has 2 atom stereocenters. The lowest BCUT2D eigenvalue weighted by atomic mass is 10.0. The number of carbonyl (C=O) groups is 3. The number of piperazine rings is 1. The van der Waals surface area contributed by atoms with Crippen LogP contribution < -0.4 is 5.32 Å². The Morgan fingerprint density at radius 3 is 2.36 bits per heavy atom. The highest BCUT2D eigenvalue weighted by Crippen LogP contribution is 2.29. The third kappa shape index (κ3) is 6.98. The number of hydrogen-bond donors (Lipinski definition) is 1. The molecule has 2 heterocycles. The molecule has 0 spiro atoms. The summed E-state index contributed by atoms with van der Waals surface area (Å²) in [7, 11) is 0. The second-order valence-corrected chi connectivity index (χ2v) is 10.2. The molecule has 4 rings (SSSR count). The number of hydrogen-bond acceptors (Lipinski definition) is 4. The maximum atomic E-state index is 13.7. The summed E-state index contributed by atoms with van der Waals surface area (Å²) < 4.78 is 0. The number of unbranched alkanes of at least 4 members (excludes halogenated alkanes) is 2. The number of nitrogens with one attached hydrogen (secondary N) is 1. The zero-order valence-corrected chi connectivity index (χ0v) is 22.8. The van der Waals surface area contributed by atoms with Crippen LogP contribution in [0.15, 0.2) is 60.7 Å². The number of hydrazine groups is 1. The van der Waals surface area contributed by atoms with E-state index in [-0.39, 0.29) is 37.5 Å². The molecule has 39 heavy (non-hydrogen) atoms. The summed E-state index contributed by atoms with van der Waals surface area (Å²) in [6, 6.07) is 19.1. The van der Waals surface area contributed by atoms with Crippen molar-refractivity contribution in [2.45, 2.75) is 64.2 Å². The number of fused-ring (bicyclic) bond motifs is 1. The quantitative estimate of drug-likeness (QED) is 0.356. The molecular formula is C31H39N5O3. The molecule has 2 saturated heterocycles. The van der Waals surface area contributed by atoms with Gasteiger partial charge in [-0.25, -0.2) is 9.80 Å². The Kier molecular flexibility index (Phi) is 9.98. The summed E-state index contributed by atoms with van der Waals surface area (Å²) in [4.78, 5) is 44.1. The van der Waals surface area contributed by atoms with Crippen LogP contribution in [0.2, 0.25) is 0 Å².